The first-order chi connectivity index (χ1) is 8.66. The molecule has 1 heterocycles. The second kappa shape index (κ2) is 6.46. The SMILES string of the molecule is CC(C)c1cc(=S)nc(C2CCCCCCC2)[nH]1. The minimum atomic E-state index is 0.488. The smallest absolute Gasteiger partial charge is 0.130 e. The van der Waals surface area contributed by atoms with Crippen molar-refractivity contribution in [3.63, 3.8) is 0 Å². The van der Waals surface area contributed by atoms with Gasteiger partial charge < -0.3 is 4.98 Å². The maximum Gasteiger partial charge on any atom is 0.130 e. The van der Waals surface area contributed by atoms with Crippen LogP contribution < -0.4 is 0 Å². The summed E-state index contributed by atoms with van der Waals surface area (Å²) in [5.41, 5.74) is 1.23. The summed E-state index contributed by atoms with van der Waals surface area (Å²) in [6.07, 6.45) is 9.35. The van der Waals surface area contributed by atoms with E-state index in [1.54, 1.807) is 0 Å². The van der Waals surface area contributed by atoms with Gasteiger partial charge in [-0.05, 0) is 24.8 Å². The van der Waals surface area contributed by atoms with Crippen LogP contribution in [-0.2, 0) is 0 Å². The van der Waals surface area contributed by atoms with Crippen LogP contribution in [0.3, 0.4) is 0 Å². The third kappa shape index (κ3) is 3.64. The monoisotopic (exact) mass is 264 g/mol. The molecule has 0 saturated heterocycles. The van der Waals surface area contributed by atoms with Gasteiger partial charge in [0, 0.05) is 11.6 Å². The van der Waals surface area contributed by atoms with Crippen molar-refractivity contribution < 1.29 is 0 Å². The van der Waals surface area contributed by atoms with Crippen LogP contribution in [-0.4, -0.2) is 9.97 Å². The summed E-state index contributed by atoms with van der Waals surface area (Å²) < 4.78 is 0.745. The highest BCUT2D eigenvalue weighted by Gasteiger charge is 2.16. The Labute approximate surface area is 115 Å². The van der Waals surface area contributed by atoms with Crippen LogP contribution in [0, 0.1) is 4.64 Å². The summed E-state index contributed by atoms with van der Waals surface area (Å²) in [5, 5.41) is 0. The molecule has 1 aliphatic carbocycles. The van der Waals surface area contributed by atoms with Gasteiger partial charge in [-0.2, -0.15) is 0 Å². The largest absolute Gasteiger partial charge is 0.347 e. The van der Waals surface area contributed by atoms with Gasteiger partial charge in [-0.25, -0.2) is 4.98 Å². The predicted octanol–water partition coefficient (Wildman–Crippen LogP) is 5.09. The zero-order chi connectivity index (χ0) is 13.0. The van der Waals surface area contributed by atoms with E-state index < -0.39 is 0 Å². The molecule has 1 aromatic heterocycles. The maximum atomic E-state index is 5.31. The Hall–Kier alpha value is -0.700. The number of hydrogen-bond acceptors (Lipinski definition) is 2. The summed E-state index contributed by atoms with van der Waals surface area (Å²) in [6.45, 7) is 4.39. The molecular weight excluding hydrogens is 240 g/mol. The first kappa shape index (κ1) is 13.7. The van der Waals surface area contributed by atoms with Crippen LogP contribution in [0.4, 0.5) is 0 Å². The summed E-state index contributed by atoms with van der Waals surface area (Å²) in [7, 11) is 0. The molecule has 0 unspecified atom stereocenters. The van der Waals surface area contributed by atoms with Crippen LogP contribution in [0.1, 0.15) is 82.1 Å². The lowest BCUT2D eigenvalue weighted by Crippen LogP contribution is -2.09. The van der Waals surface area contributed by atoms with E-state index in [2.05, 4.69) is 23.8 Å². The molecule has 2 nitrogen and oxygen atoms in total. The summed E-state index contributed by atoms with van der Waals surface area (Å²) in [5.74, 6) is 2.21. The van der Waals surface area contributed by atoms with Gasteiger partial charge in [-0.1, -0.05) is 58.2 Å². The van der Waals surface area contributed by atoms with Crippen LogP contribution in [0.15, 0.2) is 6.07 Å². The fraction of sp³-hybridized carbons (Fsp3) is 0.733. The van der Waals surface area contributed by atoms with E-state index in [1.807, 2.05) is 6.07 Å². The quantitative estimate of drug-likeness (QED) is 0.754. The van der Waals surface area contributed by atoms with Gasteiger partial charge in [-0.3, -0.25) is 0 Å². The van der Waals surface area contributed by atoms with E-state index in [0.29, 0.717) is 11.8 Å². The molecule has 0 radical (unpaired) electrons. The van der Waals surface area contributed by atoms with Crippen molar-refractivity contribution in [2.24, 2.45) is 0 Å². The summed E-state index contributed by atoms with van der Waals surface area (Å²) in [4.78, 5) is 8.10. The minimum Gasteiger partial charge on any atom is -0.347 e. The lowest BCUT2D eigenvalue weighted by atomic mass is 9.90. The average molecular weight is 264 g/mol. The number of H-pyrrole nitrogens is 1. The second-order valence-electron chi connectivity index (χ2n) is 5.76. The van der Waals surface area contributed by atoms with E-state index in [1.165, 1.54) is 50.6 Å². The highest BCUT2D eigenvalue weighted by atomic mass is 32.1. The van der Waals surface area contributed by atoms with Gasteiger partial charge in [0.05, 0.1) is 0 Å². The van der Waals surface area contributed by atoms with E-state index >= 15 is 0 Å². The lowest BCUT2D eigenvalue weighted by molar-refractivity contribution is 0.440. The van der Waals surface area contributed by atoms with E-state index in [-0.39, 0.29) is 0 Å². The zero-order valence-corrected chi connectivity index (χ0v) is 12.4. The standard InChI is InChI=1S/C15H24N2S/c1-11(2)13-10-14(18)17-15(16-13)12-8-6-4-3-5-7-9-12/h10-12H,3-9H2,1-2H3,(H,16,17,18). The molecule has 0 aromatic carbocycles. The van der Waals surface area contributed by atoms with E-state index in [0.717, 1.165) is 10.5 Å². The summed E-state index contributed by atoms with van der Waals surface area (Å²) in [6, 6.07) is 2.01. The molecule has 1 N–H and O–H groups in total. The molecule has 1 fully saturated rings. The number of rotatable bonds is 2. The Bertz CT molecular complexity index is 428. The molecule has 3 heteroatoms. The molecule has 0 aliphatic heterocycles. The number of aromatic amines is 1. The molecule has 1 saturated carbocycles. The highest BCUT2D eigenvalue weighted by molar-refractivity contribution is 7.71. The van der Waals surface area contributed by atoms with Crippen molar-refractivity contribution in [1.29, 1.82) is 0 Å². The van der Waals surface area contributed by atoms with Gasteiger partial charge >= 0.3 is 0 Å². The Balaban J connectivity index is 2.22. The lowest BCUT2D eigenvalue weighted by Gasteiger charge is -2.20. The van der Waals surface area contributed by atoms with Gasteiger partial charge in [-0.15, -0.1) is 0 Å². The number of hydrogen-bond donors (Lipinski definition) is 1. The number of nitrogens with zero attached hydrogens (tertiary/aromatic N) is 1. The van der Waals surface area contributed by atoms with Crippen LogP contribution >= 0.6 is 12.2 Å². The highest BCUT2D eigenvalue weighted by Crippen LogP contribution is 2.29. The van der Waals surface area contributed by atoms with Gasteiger partial charge in [0.15, 0.2) is 0 Å². The van der Waals surface area contributed by atoms with Crippen molar-refractivity contribution in [3.8, 4) is 0 Å². The van der Waals surface area contributed by atoms with E-state index in [9.17, 15) is 0 Å². The maximum absolute atomic E-state index is 5.31. The molecule has 18 heavy (non-hydrogen) atoms. The molecule has 1 aromatic rings. The molecule has 0 atom stereocenters. The minimum absolute atomic E-state index is 0.488. The Morgan fingerprint density at radius 3 is 2.39 bits per heavy atom. The second-order valence-corrected chi connectivity index (χ2v) is 6.17. The van der Waals surface area contributed by atoms with Crippen molar-refractivity contribution in [2.45, 2.75) is 70.6 Å². The Morgan fingerprint density at radius 1 is 1.17 bits per heavy atom. The number of aromatic nitrogens is 2. The predicted molar refractivity (Wildman–Crippen MR) is 78.6 cm³/mol. The molecule has 0 spiro atoms. The third-order valence-corrected chi connectivity index (χ3v) is 4.11. The van der Waals surface area contributed by atoms with E-state index in [4.69, 9.17) is 12.2 Å². The van der Waals surface area contributed by atoms with Crippen molar-refractivity contribution in [2.75, 3.05) is 0 Å². The molecule has 0 bridgehead atoms. The van der Waals surface area contributed by atoms with Crippen molar-refractivity contribution in [3.05, 3.63) is 22.2 Å². The van der Waals surface area contributed by atoms with Crippen LogP contribution in [0.2, 0.25) is 0 Å². The molecule has 2 rings (SSSR count). The van der Waals surface area contributed by atoms with Crippen LogP contribution in [0.25, 0.3) is 0 Å². The fourth-order valence-electron chi connectivity index (χ4n) is 2.73. The first-order valence-corrected chi connectivity index (χ1v) is 7.69. The van der Waals surface area contributed by atoms with Gasteiger partial charge in [0.2, 0.25) is 0 Å². The van der Waals surface area contributed by atoms with Crippen LogP contribution in [0.5, 0.6) is 0 Å². The third-order valence-electron chi connectivity index (χ3n) is 3.90. The molecule has 100 valence electrons. The normalized spacial score (nSPS) is 18.6. The molecule has 1 aliphatic rings. The number of nitrogens with one attached hydrogen (secondary N) is 1. The fourth-order valence-corrected chi connectivity index (χ4v) is 2.96. The average Bonchev–Trinajstić information content (AvgIpc) is 2.27. The molecular formula is C15H24N2S. The van der Waals surface area contributed by atoms with Gasteiger partial charge in [0.1, 0.15) is 10.5 Å². The van der Waals surface area contributed by atoms with Gasteiger partial charge in [0.25, 0.3) is 0 Å². The Kier molecular flexibility index (Phi) is 4.93. The topological polar surface area (TPSA) is 28.7 Å². The van der Waals surface area contributed by atoms with Crippen molar-refractivity contribution >= 4 is 12.2 Å². The molecule has 0 amide bonds. The zero-order valence-electron chi connectivity index (χ0n) is 11.5. The Morgan fingerprint density at radius 2 is 1.78 bits per heavy atom. The first-order valence-electron chi connectivity index (χ1n) is 7.28. The summed E-state index contributed by atoms with van der Waals surface area (Å²) >= 11 is 5.31. The van der Waals surface area contributed by atoms with Crippen molar-refractivity contribution in [1.82, 2.24) is 9.97 Å².